The summed E-state index contributed by atoms with van der Waals surface area (Å²) in [6.07, 6.45) is 0.614. The summed E-state index contributed by atoms with van der Waals surface area (Å²) in [7, 11) is 0. The molecule has 5 heteroatoms. The van der Waals surface area contributed by atoms with Crippen LogP contribution in [0.4, 0.5) is 0 Å². The van der Waals surface area contributed by atoms with Gasteiger partial charge in [0.05, 0.1) is 0 Å². The summed E-state index contributed by atoms with van der Waals surface area (Å²) in [5.41, 5.74) is 6.65. The molecule has 1 aromatic rings. The third-order valence-corrected chi connectivity index (χ3v) is 3.02. The molecule has 1 rings (SSSR count). The van der Waals surface area contributed by atoms with Gasteiger partial charge in [-0.2, -0.15) is 0 Å². The van der Waals surface area contributed by atoms with Gasteiger partial charge in [-0.05, 0) is 31.4 Å². The highest BCUT2D eigenvalue weighted by Crippen LogP contribution is 2.27. The first-order valence-corrected chi connectivity index (χ1v) is 7.20. The summed E-state index contributed by atoms with van der Waals surface area (Å²) in [4.78, 5) is 11.6. The van der Waals surface area contributed by atoms with Crippen molar-refractivity contribution >= 4 is 17.5 Å². The molecule has 0 saturated carbocycles. The summed E-state index contributed by atoms with van der Waals surface area (Å²) in [6.45, 7) is 6.61. The Morgan fingerprint density at radius 2 is 2.10 bits per heavy atom. The molecular weight excluding hydrogens is 276 g/mol. The maximum atomic E-state index is 11.6. The number of amides is 1. The number of benzene rings is 1. The van der Waals surface area contributed by atoms with Crippen LogP contribution in [0.25, 0.3) is 0 Å². The number of ether oxygens (including phenoxy) is 1. The molecule has 0 aliphatic carbocycles. The zero-order valence-electron chi connectivity index (χ0n) is 12.3. The number of hydrogen-bond acceptors (Lipinski definition) is 3. The molecule has 112 valence electrons. The average Bonchev–Trinajstić information content (AvgIpc) is 2.36. The van der Waals surface area contributed by atoms with Crippen molar-refractivity contribution in [3.63, 3.8) is 0 Å². The second-order valence-electron chi connectivity index (χ2n) is 5.38. The summed E-state index contributed by atoms with van der Waals surface area (Å²) in [6, 6.07) is 5.38. The van der Waals surface area contributed by atoms with Crippen LogP contribution in [0.5, 0.6) is 5.75 Å². The lowest BCUT2D eigenvalue weighted by Gasteiger charge is -2.15. The molecule has 1 unspecified atom stereocenters. The van der Waals surface area contributed by atoms with Gasteiger partial charge in [0.2, 0.25) is 0 Å². The van der Waals surface area contributed by atoms with Crippen molar-refractivity contribution in [1.82, 2.24) is 5.32 Å². The van der Waals surface area contributed by atoms with Gasteiger partial charge in [0, 0.05) is 23.2 Å². The third kappa shape index (κ3) is 5.80. The van der Waals surface area contributed by atoms with Crippen LogP contribution in [0.1, 0.15) is 26.3 Å². The van der Waals surface area contributed by atoms with E-state index in [1.54, 1.807) is 18.2 Å². The number of rotatable bonds is 7. The maximum absolute atomic E-state index is 11.6. The van der Waals surface area contributed by atoms with Gasteiger partial charge in [0.1, 0.15) is 5.75 Å². The van der Waals surface area contributed by atoms with E-state index in [2.05, 4.69) is 5.32 Å². The van der Waals surface area contributed by atoms with E-state index in [1.165, 1.54) is 0 Å². The van der Waals surface area contributed by atoms with Gasteiger partial charge in [0.15, 0.2) is 6.61 Å². The molecule has 1 atom stereocenters. The second-order valence-corrected chi connectivity index (χ2v) is 5.79. The van der Waals surface area contributed by atoms with Crippen molar-refractivity contribution in [1.29, 1.82) is 0 Å². The number of carbonyl (C=O) groups is 1. The van der Waals surface area contributed by atoms with Crippen LogP contribution < -0.4 is 15.8 Å². The Morgan fingerprint density at radius 3 is 2.70 bits per heavy atom. The predicted molar refractivity (Wildman–Crippen MR) is 82.1 cm³/mol. The van der Waals surface area contributed by atoms with Crippen LogP contribution in [0, 0.1) is 5.92 Å². The summed E-state index contributed by atoms with van der Waals surface area (Å²) in [5.74, 6) is 0.902. The van der Waals surface area contributed by atoms with Crippen LogP contribution in [-0.4, -0.2) is 25.1 Å². The summed E-state index contributed by atoms with van der Waals surface area (Å²) >= 11 is 6.16. The molecule has 1 aromatic carbocycles. The second kappa shape index (κ2) is 8.12. The zero-order valence-corrected chi connectivity index (χ0v) is 13.0. The van der Waals surface area contributed by atoms with E-state index in [-0.39, 0.29) is 18.6 Å². The smallest absolute Gasteiger partial charge is 0.257 e. The van der Waals surface area contributed by atoms with E-state index >= 15 is 0 Å². The number of nitrogens with two attached hydrogens (primary N) is 1. The highest BCUT2D eigenvalue weighted by atomic mass is 35.5. The molecule has 0 fully saturated rings. The Morgan fingerprint density at radius 1 is 1.40 bits per heavy atom. The van der Waals surface area contributed by atoms with E-state index in [1.807, 2.05) is 20.8 Å². The standard InChI is InChI=1S/C15H23ClN2O2/c1-10(2)8-18-15(19)9-20-14-6-4-5-13(16)12(14)7-11(3)17/h4-6,10-11H,7-9,17H2,1-3H3,(H,18,19). The van der Waals surface area contributed by atoms with E-state index in [0.29, 0.717) is 29.7 Å². The molecule has 3 N–H and O–H groups in total. The first-order valence-electron chi connectivity index (χ1n) is 6.82. The highest BCUT2D eigenvalue weighted by Gasteiger charge is 2.12. The van der Waals surface area contributed by atoms with Crippen LogP contribution in [0.2, 0.25) is 5.02 Å². The average molecular weight is 299 g/mol. The Hall–Kier alpha value is -1.26. The molecule has 0 spiro atoms. The van der Waals surface area contributed by atoms with Gasteiger partial charge >= 0.3 is 0 Å². The minimum Gasteiger partial charge on any atom is -0.483 e. The number of halogens is 1. The Labute approximate surface area is 125 Å². The van der Waals surface area contributed by atoms with Gasteiger partial charge in [-0.1, -0.05) is 31.5 Å². The monoisotopic (exact) mass is 298 g/mol. The lowest BCUT2D eigenvalue weighted by molar-refractivity contribution is -0.123. The summed E-state index contributed by atoms with van der Waals surface area (Å²) in [5, 5.41) is 3.42. The van der Waals surface area contributed by atoms with Crippen LogP contribution in [-0.2, 0) is 11.2 Å². The van der Waals surface area contributed by atoms with Crippen molar-refractivity contribution < 1.29 is 9.53 Å². The number of hydrogen-bond donors (Lipinski definition) is 2. The lowest BCUT2D eigenvalue weighted by Crippen LogP contribution is -2.32. The van der Waals surface area contributed by atoms with Gasteiger partial charge in [-0.15, -0.1) is 0 Å². The van der Waals surface area contributed by atoms with Crippen molar-refractivity contribution in [3.8, 4) is 5.75 Å². The fraction of sp³-hybridized carbons (Fsp3) is 0.533. The number of nitrogens with one attached hydrogen (secondary N) is 1. The normalized spacial score (nSPS) is 12.3. The van der Waals surface area contributed by atoms with Crippen LogP contribution in [0.15, 0.2) is 18.2 Å². The fourth-order valence-electron chi connectivity index (χ4n) is 1.71. The maximum Gasteiger partial charge on any atom is 0.257 e. The SMILES string of the molecule is CC(C)CNC(=O)COc1cccc(Cl)c1CC(C)N. The van der Waals surface area contributed by atoms with Gasteiger partial charge in [-0.25, -0.2) is 0 Å². The molecule has 0 aromatic heterocycles. The van der Waals surface area contributed by atoms with Crippen molar-refractivity contribution in [2.24, 2.45) is 11.7 Å². The molecule has 0 aliphatic heterocycles. The quantitative estimate of drug-likeness (QED) is 0.812. The first kappa shape index (κ1) is 16.8. The minimum absolute atomic E-state index is 0.0149. The number of carbonyl (C=O) groups excluding carboxylic acids is 1. The van der Waals surface area contributed by atoms with Gasteiger partial charge in [-0.3, -0.25) is 4.79 Å². The van der Waals surface area contributed by atoms with Crippen molar-refractivity contribution in [2.75, 3.05) is 13.2 Å². The van der Waals surface area contributed by atoms with Crippen LogP contribution >= 0.6 is 11.6 Å². The first-order chi connectivity index (χ1) is 9.40. The Balaban J connectivity index is 2.63. The molecular formula is C15H23ClN2O2. The fourth-order valence-corrected chi connectivity index (χ4v) is 1.95. The molecule has 4 nitrogen and oxygen atoms in total. The molecule has 0 aliphatic rings. The summed E-state index contributed by atoms with van der Waals surface area (Å²) < 4.78 is 5.56. The van der Waals surface area contributed by atoms with Crippen molar-refractivity contribution in [2.45, 2.75) is 33.2 Å². The largest absolute Gasteiger partial charge is 0.483 e. The molecule has 0 heterocycles. The lowest BCUT2D eigenvalue weighted by atomic mass is 10.1. The van der Waals surface area contributed by atoms with Crippen LogP contribution in [0.3, 0.4) is 0 Å². The topological polar surface area (TPSA) is 64.3 Å². The van der Waals surface area contributed by atoms with Crippen molar-refractivity contribution in [3.05, 3.63) is 28.8 Å². The molecule has 0 saturated heterocycles. The zero-order chi connectivity index (χ0) is 15.1. The predicted octanol–water partition coefficient (Wildman–Crippen LogP) is 2.38. The molecule has 0 bridgehead atoms. The minimum atomic E-state index is -0.134. The highest BCUT2D eigenvalue weighted by molar-refractivity contribution is 6.31. The van der Waals surface area contributed by atoms with Gasteiger partial charge in [0.25, 0.3) is 5.91 Å². The Kier molecular flexibility index (Phi) is 6.82. The van der Waals surface area contributed by atoms with E-state index in [4.69, 9.17) is 22.1 Å². The van der Waals surface area contributed by atoms with E-state index < -0.39 is 0 Å². The Bertz CT molecular complexity index is 447. The van der Waals surface area contributed by atoms with E-state index in [0.717, 1.165) is 5.56 Å². The molecule has 20 heavy (non-hydrogen) atoms. The molecule has 1 amide bonds. The molecule has 0 radical (unpaired) electrons. The van der Waals surface area contributed by atoms with Gasteiger partial charge < -0.3 is 15.8 Å². The van der Waals surface area contributed by atoms with E-state index in [9.17, 15) is 4.79 Å². The third-order valence-electron chi connectivity index (χ3n) is 2.67.